The molecule has 0 aliphatic rings. The molecule has 0 radical (unpaired) electrons. The summed E-state index contributed by atoms with van der Waals surface area (Å²) in [5.41, 5.74) is 1.90. The maximum Gasteiger partial charge on any atom is 0.195 e. The molecule has 0 aliphatic heterocycles. The number of ketones is 1. The number of hydrogen-bond donors (Lipinski definition) is 0. The molecule has 30 heavy (non-hydrogen) atoms. The van der Waals surface area contributed by atoms with Gasteiger partial charge in [-0.05, 0) is 74.4 Å². The first kappa shape index (κ1) is 21.7. The van der Waals surface area contributed by atoms with Crippen molar-refractivity contribution in [1.82, 2.24) is 0 Å². The van der Waals surface area contributed by atoms with Gasteiger partial charge in [-0.25, -0.2) is 0 Å². The van der Waals surface area contributed by atoms with Crippen LogP contribution in [0, 0.1) is 6.92 Å². The third-order valence-corrected chi connectivity index (χ3v) is 5.30. The second-order valence-electron chi connectivity index (χ2n) is 6.62. The van der Waals surface area contributed by atoms with E-state index >= 15 is 0 Å². The Labute approximate surface area is 181 Å². The SMILES string of the molecule is CCOc1ccc(COc2cccc(/C=C/C(=O)c3ccc(C)s3)c2)cc1OCC. The van der Waals surface area contributed by atoms with Crippen LogP contribution in [0.5, 0.6) is 17.2 Å². The maximum atomic E-state index is 12.3. The first-order valence-corrected chi connectivity index (χ1v) is 10.8. The molecule has 3 rings (SSSR count). The number of allylic oxidation sites excluding steroid dienone is 1. The molecule has 0 saturated heterocycles. The molecular formula is C25H26O4S. The van der Waals surface area contributed by atoms with E-state index in [2.05, 4.69) is 0 Å². The Morgan fingerprint density at radius 2 is 1.73 bits per heavy atom. The molecule has 0 unspecified atom stereocenters. The molecule has 0 saturated carbocycles. The van der Waals surface area contributed by atoms with Crippen LogP contribution in [0.15, 0.2) is 60.7 Å². The van der Waals surface area contributed by atoms with E-state index in [1.807, 2.05) is 81.4 Å². The van der Waals surface area contributed by atoms with Gasteiger partial charge in [0, 0.05) is 4.88 Å². The minimum absolute atomic E-state index is 0.0114. The zero-order valence-corrected chi connectivity index (χ0v) is 18.3. The maximum absolute atomic E-state index is 12.3. The third-order valence-electron chi connectivity index (χ3n) is 4.28. The highest BCUT2D eigenvalue weighted by Crippen LogP contribution is 2.29. The van der Waals surface area contributed by atoms with Gasteiger partial charge in [0.25, 0.3) is 0 Å². The van der Waals surface area contributed by atoms with Gasteiger partial charge in [-0.3, -0.25) is 4.79 Å². The number of hydrogen-bond acceptors (Lipinski definition) is 5. The quantitative estimate of drug-likeness (QED) is 0.283. The molecule has 3 aromatic rings. The molecule has 0 bridgehead atoms. The van der Waals surface area contributed by atoms with Crippen molar-refractivity contribution < 1.29 is 19.0 Å². The zero-order chi connectivity index (χ0) is 21.3. The van der Waals surface area contributed by atoms with Crippen molar-refractivity contribution in [3.63, 3.8) is 0 Å². The molecule has 0 atom stereocenters. The first-order chi connectivity index (χ1) is 14.6. The normalized spacial score (nSPS) is 10.9. The van der Waals surface area contributed by atoms with Crippen molar-refractivity contribution in [2.75, 3.05) is 13.2 Å². The summed E-state index contributed by atoms with van der Waals surface area (Å²) < 4.78 is 17.2. The van der Waals surface area contributed by atoms with E-state index < -0.39 is 0 Å². The molecule has 1 aromatic heterocycles. The van der Waals surface area contributed by atoms with E-state index in [0.29, 0.717) is 19.8 Å². The highest BCUT2D eigenvalue weighted by molar-refractivity contribution is 7.14. The summed E-state index contributed by atoms with van der Waals surface area (Å²) in [5.74, 6) is 2.21. The lowest BCUT2D eigenvalue weighted by molar-refractivity contribution is 0.105. The molecule has 156 valence electrons. The molecule has 2 aromatic carbocycles. The van der Waals surface area contributed by atoms with Gasteiger partial charge in [-0.1, -0.05) is 24.3 Å². The number of carbonyl (C=O) groups excluding carboxylic acids is 1. The summed E-state index contributed by atoms with van der Waals surface area (Å²) in [7, 11) is 0. The van der Waals surface area contributed by atoms with Crippen LogP contribution in [0.2, 0.25) is 0 Å². The highest BCUT2D eigenvalue weighted by Gasteiger charge is 2.07. The van der Waals surface area contributed by atoms with E-state index in [0.717, 1.165) is 38.1 Å². The summed E-state index contributed by atoms with van der Waals surface area (Å²) in [6, 6.07) is 17.3. The van der Waals surface area contributed by atoms with Gasteiger partial charge in [-0.15, -0.1) is 11.3 Å². The number of benzene rings is 2. The molecule has 0 aliphatic carbocycles. The van der Waals surface area contributed by atoms with Crippen molar-refractivity contribution in [3.05, 3.63) is 81.6 Å². The summed E-state index contributed by atoms with van der Waals surface area (Å²) >= 11 is 1.50. The second-order valence-corrected chi connectivity index (χ2v) is 7.90. The number of rotatable bonds is 10. The number of carbonyl (C=O) groups is 1. The number of aryl methyl sites for hydroxylation is 1. The fourth-order valence-electron chi connectivity index (χ4n) is 2.88. The van der Waals surface area contributed by atoms with E-state index in [4.69, 9.17) is 14.2 Å². The third kappa shape index (κ3) is 5.97. The fourth-order valence-corrected chi connectivity index (χ4v) is 3.67. The first-order valence-electron chi connectivity index (χ1n) is 9.99. The minimum Gasteiger partial charge on any atom is -0.490 e. The molecule has 4 nitrogen and oxygen atoms in total. The van der Waals surface area contributed by atoms with Crippen LogP contribution in [0.4, 0.5) is 0 Å². The molecule has 0 N–H and O–H groups in total. The number of ether oxygens (including phenoxy) is 3. The summed E-state index contributed by atoms with van der Waals surface area (Å²) in [4.78, 5) is 14.1. The van der Waals surface area contributed by atoms with Gasteiger partial charge in [-0.2, -0.15) is 0 Å². The zero-order valence-electron chi connectivity index (χ0n) is 17.5. The Kier molecular flexibility index (Phi) is 7.69. The van der Waals surface area contributed by atoms with Crippen molar-refractivity contribution in [1.29, 1.82) is 0 Å². The van der Waals surface area contributed by atoms with E-state index in [1.165, 1.54) is 11.3 Å². The summed E-state index contributed by atoms with van der Waals surface area (Å²) in [6.45, 7) is 7.46. The van der Waals surface area contributed by atoms with Crippen LogP contribution in [-0.2, 0) is 6.61 Å². The van der Waals surface area contributed by atoms with Crippen molar-refractivity contribution >= 4 is 23.2 Å². The molecule has 1 heterocycles. The Bertz CT molecular complexity index is 1020. The van der Waals surface area contributed by atoms with Crippen LogP contribution < -0.4 is 14.2 Å². The van der Waals surface area contributed by atoms with Crippen LogP contribution in [0.25, 0.3) is 6.08 Å². The van der Waals surface area contributed by atoms with E-state index in [-0.39, 0.29) is 5.78 Å². The van der Waals surface area contributed by atoms with E-state index in [9.17, 15) is 4.79 Å². The van der Waals surface area contributed by atoms with Gasteiger partial charge < -0.3 is 14.2 Å². The average molecular weight is 423 g/mol. The van der Waals surface area contributed by atoms with E-state index in [1.54, 1.807) is 6.08 Å². The standard InChI is InChI=1S/C25H26O4S/c1-4-27-23-13-11-20(16-24(23)28-5-2)17-29-21-8-6-7-19(15-21)10-12-22(26)25-14-9-18(3)30-25/h6-16H,4-5,17H2,1-3H3/b12-10+. The molecule has 0 spiro atoms. The molecule has 0 amide bonds. The summed E-state index contributed by atoms with van der Waals surface area (Å²) in [5, 5.41) is 0. The van der Waals surface area contributed by atoms with Crippen LogP contribution in [0.1, 0.15) is 39.5 Å². The van der Waals surface area contributed by atoms with Crippen molar-refractivity contribution in [3.8, 4) is 17.2 Å². The minimum atomic E-state index is 0.0114. The predicted octanol–water partition coefficient (Wildman–Crippen LogP) is 6.33. The van der Waals surface area contributed by atoms with Crippen LogP contribution in [-0.4, -0.2) is 19.0 Å². The Balaban J connectivity index is 1.64. The van der Waals surface area contributed by atoms with Gasteiger partial charge in [0.05, 0.1) is 18.1 Å². The molecule has 0 fully saturated rings. The Morgan fingerprint density at radius 3 is 2.47 bits per heavy atom. The van der Waals surface area contributed by atoms with Gasteiger partial charge in [0.2, 0.25) is 0 Å². The number of thiophene rings is 1. The van der Waals surface area contributed by atoms with Gasteiger partial charge >= 0.3 is 0 Å². The van der Waals surface area contributed by atoms with Gasteiger partial charge in [0.1, 0.15) is 12.4 Å². The lowest BCUT2D eigenvalue weighted by atomic mass is 10.1. The lowest BCUT2D eigenvalue weighted by Crippen LogP contribution is -2.01. The smallest absolute Gasteiger partial charge is 0.195 e. The van der Waals surface area contributed by atoms with Gasteiger partial charge in [0.15, 0.2) is 17.3 Å². The average Bonchev–Trinajstić information content (AvgIpc) is 3.19. The fraction of sp³-hybridized carbons (Fsp3) is 0.240. The summed E-state index contributed by atoms with van der Waals surface area (Å²) in [6.07, 6.45) is 3.42. The Hall–Kier alpha value is -3.05. The van der Waals surface area contributed by atoms with Crippen molar-refractivity contribution in [2.45, 2.75) is 27.4 Å². The van der Waals surface area contributed by atoms with Crippen LogP contribution in [0.3, 0.4) is 0 Å². The van der Waals surface area contributed by atoms with Crippen LogP contribution >= 0.6 is 11.3 Å². The largest absolute Gasteiger partial charge is 0.490 e. The Morgan fingerprint density at radius 1 is 0.933 bits per heavy atom. The highest BCUT2D eigenvalue weighted by atomic mass is 32.1. The molecular weight excluding hydrogens is 396 g/mol. The second kappa shape index (κ2) is 10.6. The topological polar surface area (TPSA) is 44.8 Å². The lowest BCUT2D eigenvalue weighted by Gasteiger charge is -2.13. The predicted molar refractivity (Wildman–Crippen MR) is 122 cm³/mol. The monoisotopic (exact) mass is 422 g/mol. The van der Waals surface area contributed by atoms with Crippen molar-refractivity contribution in [2.24, 2.45) is 0 Å². The molecule has 5 heteroatoms.